The summed E-state index contributed by atoms with van der Waals surface area (Å²) in [6.45, 7) is 6.89. The van der Waals surface area contributed by atoms with Crippen molar-refractivity contribution in [1.29, 1.82) is 0 Å². The summed E-state index contributed by atoms with van der Waals surface area (Å²) >= 11 is 0. The first-order valence-corrected chi connectivity index (χ1v) is 21.8. The van der Waals surface area contributed by atoms with E-state index in [0.29, 0.717) is 52.2 Å². The average Bonchev–Trinajstić information content (AvgIpc) is 3.16. The largest absolute Gasteiger partial charge is 0.450 e. The third-order valence-corrected chi connectivity index (χ3v) is 9.05. The van der Waals surface area contributed by atoms with Crippen molar-refractivity contribution in [2.24, 2.45) is 0 Å². The number of hydrogen-bond donors (Lipinski definition) is 4. The van der Waals surface area contributed by atoms with Gasteiger partial charge in [-0.3, -0.25) is 9.59 Å². The van der Waals surface area contributed by atoms with Crippen molar-refractivity contribution in [3.63, 3.8) is 0 Å². The lowest BCUT2D eigenvalue weighted by Crippen LogP contribution is -2.35. The molecule has 0 aliphatic carbocycles. The zero-order valence-corrected chi connectivity index (χ0v) is 34.5. The topological polar surface area (TPSA) is 135 Å². The van der Waals surface area contributed by atoms with Gasteiger partial charge in [-0.15, -0.1) is 0 Å². The molecule has 0 aromatic carbocycles. The van der Waals surface area contributed by atoms with Crippen LogP contribution in [-0.2, 0) is 19.1 Å². The van der Waals surface area contributed by atoms with Crippen LogP contribution in [0.3, 0.4) is 0 Å². The van der Waals surface area contributed by atoms with Gasteiger partial charge in [0, 0.05) is 51.9 Å². The SMILES string of the molecule is CCCCCCCCOC(=O)NCCNC(=O)CCCCCCCCC#CC#CCCCCCCCCC(=O)NCCNC(=O)OCCCCCCCC. The molecule has 0 saturated carbocycles. The molecule has 0 aromatic heterocycles. The second-order valence-electron chi connectivity index (χ2n) is 14.2. The van der Waals surface area contributed by atoms with Crippen molar-refractivity contribution in [2.75, 3.05) is 39.4 Å². The van der Waals surface area contributed by atoms with E-state index in [0.717, 1.165) is 116 Å². The summed E-state index contributed by atoms with van der Waals surface area (Å²) in [5.74, 6) is 12.3. The normalized spacial score (nSPS) is 10.3. The molecule has 0 unspecified atom stereocenters. The maximum Gasteiger partial charge on any atom is 0.407 e. The van der Waals surface area contributed by atoms with Gasteiger partial charge in [0.15, 0.2) is 0 Å². The van der Waals surface area contributed by atoms with Gasteiger partial charge in [-0.25, -0.2) is 9.59 Å². The molecule has 0 spiro atoms. The fourth-order valence-corrected chi connectivity index (χ4v) is 5.73. The van der Waals surface area contributed by atoms with E-state index >= 15 is 0 Å². The molecule has 0 aromatic rings. The van der Waals surface area contributed by atoms with Gasteiger partial charge in [-0.05, 0) is 50.4 Å². The number of nitrogens with one attached hydrogen (secondary N) is 4. The van der Waals surface area contributed by atoms with E-state index in [2.05, 4.69) is 58.8 Å². The summed E-state index contributed by atoms with van der Waals surface area (Å²) in [4.78, 5) is 47.3. The van der Waals surface area contributed by atoms with Crippen molar-refractivity contribution in [3.05, 3.63) is 0 Å². The number of alkyl carbamates (subject to hydrolysis) is 2. The van der Waals surface area contributed by atoms with E-state index in [9.17, 15) is 19.2 Å². The van der Waals surface area contributed by atoms with Crippen LogP contribution < -0.4 is 21.3 Å². The molecule has 0 fully saturated rings. The Morgan fingerprint density at radius 1 is 0.389 bits per heavy atom. The van der Waals surface area contributed by atoms with Crippen molar-refractivity contribution >= 4 is 24.0 Å². The molecular weight excluding hydrogens is 681 g/mol. The molecule has 0 rings (SSSR count). The van der Waals surface area contributed by atoms with E-state index in [-0.39, 0.29) is 11.8 Å². The zero-order chi connectivity index (χ0) is 39.4. The molecule has 0 atom stereocenters. The van der Waals surface area contributed by atoms with Crippen molar-refractivity contribution in [3.8, 4) is 23.7 Å². The Morgan fingerprint density at radius 2 is 0.704 bits per heavy atom. The molecule has 0 radical (unpaired) electrons. The second-order valence-corrected chi connectivity index (χ2v) is 14.2. The van der Waals surface area contributed by atoms with Crippen LogP contribution in [0.4, 0.5) is 9.59 Å². The van der Waals surface area contributed by atoms with Gasteiger partial charge in [-0.1, -0.05) is 141 Å². The van der Waals surface area contributed by atoms with Crippen LogP contribution in [0.25, 0.3) is 0 Å². The third kappa shape index (κ3) is 41.4. The minimum atomic E-state index is -0.411. The monoisotopic (exact) mass is 759 g/mol. The molecule has 0 heterocycles. The average molecular weight is 759 g/mol. The lowest BCUT2D eigenvalue weighted by molar-refractivity contribution is -0.122. The molecule has 54 heavy (non-hydrogen) atoms. The Hall–Kier alpha value is -3.40. The molecular formula is C44H78N4O6. The number of ether oxygens (including phenoxy) is 2. The van der Waals surface area contributed by atoms with E-state index < -0.39 is 12.2 Å². The highest BCUT2D eigenvalue weighted by molar-refractivity contribution is 5.76. The Labute approximate surface area is 330 Å². The Balaban J connectivity index is 3.44. The van der Waals surface area contributed by atoms with E-state index in [1.165, 1.54) is 51.4 Å². The summed E-state index contributed by atoms with van der Waals surface area (Å²) in [5, 5.41) is 11.1. The smallest absolute Gasteiger partial charge is 0.407 e. The number of rotatable bonds is 36. The Bertz CT molecular complexity index is 963. The van der Waals surface area contributed by atoms with Crippen molar-refractivity contribution in [2.45, 2.75) is 194 Å². The van der Waals surface area contributed by atoms with Crippen LogP contribution in [-0.4, -0.2) is 63.4 Å². The molecule has 4 amide bonds. The minimum absolute atomic E-state index is 0.0316. The van der Waals surface area contributed by atoms with Gasteiger partial charge >= 0.3 is 12.2 Å². The molecule has 0 saturated heterocycles. The van der Waals surface area contributed by atoms with E-state index in [1.54, 1.807) is 0 Å². The molecule has 310 valence electrons. The van der Waals surface area contributed by atoms with Crippen molar-refractivity contribution in [1.82, 2.24) is 21.3 Å². The van der Waals surface area contributed by atoms with Crippen LogP contribution in [0.5, 0.6) is 0 Å². The maximum atomic E-state index is 12.0. The highest BCUT2D eigenvalue weighted by Crippen LogP contribution is 2.10. The van der Waals surface area contributed by atoms with Crippen LogP contribution in [0, 0.1) is 23.7 Å². The van der Waals surface area contributed by atoms with Gasteiger partial charge in [0.25, 0.3) is 0 Å². The number of carbonyl (C=O) groups is 4. The molecule has 0 aliphatic heterocycles. The lowest BCUT2D eigenvalue weighted by Gasteiger charge is -2.08. The molecule has 0 bridgehead atoms. The van der Waals surface area contributed by atoms with Gasteiger partial charge in [0.2, 0.25) is 11.8 Å². The molecule has 4 N–H and O–H groups in total. The van der Waals surface area contributed by atoms with Gasteiger partial charge in [-0.2, -0.15) is 0 Å². The first-order valence-electron chi connectivity index (χ1n) is 21.8. The van der Waals surface area contributed by atoms with E-state index in [1.807, 2.05) is 0 Å². The van der Waals surface area contributed by atoms with Crippen LogP contribution >= 0.6 is 0 Å². The van der Waals surface area contributed by atoms with Gasteiger partial charge in [0.05, 0.1) is 13.2 Å². The van der Waals surface area contributed by atoms with Crippen LogP contribution in [0.2, 0.25) is 0 Å². The Kier molecular flexibility index (Phi) is 39.7. The quantitative estimate of drug-likeness (QED) is 0.0371. The summed E-state index contributed by atoms with van der Waals surface area (Å²) < 4.78 is 10.3. The van der Waals surface area contributed by atoms with Crippen LogP contribution in [0.1, 0.15) is 194 Å². The fraction of sp³-hybridized carbons (Fsp3) is 0.818. The highest BCUT2D eigenvalue weighted by atomic mass is 16.6. The molecule has 0 aliphatic rings. The maximum absolute atomic E-state index is 12.0. The van der Waals surface area contributed by atoms with Crippen molar-refractivity contribution < 1.29 is 28.7 Å². The van der Waals surface area contributed by atoms with Crippen LogP contribution in [0.15, 0.2) is 0 Å². The Morgan fingerprint density at radius 3 is 1.09 bits per heavy atom. The number of amides is 4. The summed E-state index contributed by atoms with van der Waals surface area (Å²) in [6, 6.07) is 0. The predicted octanol–water partition coefficient (Wildman–Crippen LogP) is 9.64. The van der Waals surface area contributed by atoms with E-state index in [4.69, 9.17) is 9.47 Å². The second kappa shape index (κ2) is 42.3. The number of carbonyl (C=O) groups excluding carboxylic acids is 4. The van der Waals surface area contributed by atoms with Gasteiger partial charge in [0.1, 0.15) is 0 Å². The first kappa shape index (κ1) is 50.6. The zero-order valence-electron chi connectivity index (χ0n) is 34.5. The third-order valence-electron chi connectivity index (χ3n) is 9.05. The molecule has 10 nitrogen and oxygen atoms in total. The number of unbranched alkanes of at least 4 members (excludes halogenated alkanes) is 22. The standard InChI is InChI=1S/C44H78N4O6/c1-3-5-7-9-27-31-39-53-43(51)47-37-35-45-41(49)33-29-25-23-21-19-17-15-13-11-12-14-16-18-20-22-24-26-30-34-42(50)46-36-38-48-44(52)54-40-32-28-10-8-6-4-2/h3-10,15-40H2,1-2H3,(H,45,49)(H,46,50)(H,47,51)(H,48,52). The highest BCUT2D eigenvalue weighted by Gasteiger charge is 2.05. The number of hydrogen-bond acceptors (Lipinski definition) is 6. The molecule has 10 heteroatoms. The fourth-order valence-electron chi connectivity index (χ4n) is 5.73. The summed E-state index contributed by atoms with van der Waals surface area (Å²) in [5.41, 5.74) is 0. The summed E-state index contributed by atoms with van der Waals surface area (Å²) in [7, 11) is 0. The minimum Gasteiger partial charge on any atom is -0.450 e. The van der Waals surface area contributed by atoms with Gasteiger partial charge < -0.3 is 30.7 Å². The lowest BCUT2D eigenvalue weighted by atomic mass is 10.1. The first-order chi connectivity index (χ1) is 26.5. The predicted molar refractivity (Wildman–Crippen MR) is 221 cm³/mol. The summed E-state index contributed by atoms with van der Waals surface area (Å²) in [6.07, 6.45) is 28.7.